The maximum atomic E-state index is 13.3. The first-order valence-electron chi connectivity index (χ1n) is 6.82. The van der Waals surface area contributed by atoms with Crippen LogP contribution in [0.3, 0.4) is 0 Å². The van der Waals surface area contributed by atoms with Gasteiger partial charge in [0.1, 0.15) is 11.6 Å². The first kappa shape index (κ1) is 16.4. The summed E-state index contributed by atoms with van der Waals surface area (Å²) in [4.78, 5) is 13.3. The fourth-order valence-electron chi connectivity index (χ4n) is 1.57. The lowest BCUT2D eigenvalue weighted by Gasteiger charge is -2.17. The maximum absolute atomic E-state index is 13.3. The van der Waals surface area contributed by atoms with Gasteiger partial charge in [0.25, 0.3) is 5.91 Å². The predicted molar refractivity (Wildman–Crippen MR) is 77.2 cm³/mol. The van der Waals surface area contributed by atoms with Gasteiger partial charge in [0.2, 0.25) is 0 Å². The Bertz CT molecular complexity index is 449. The van der Waals surface area contributed by atoms with Crippen LogP contribution in [0.4, 0.5) is 4.39 Å². The second-order valence-corrected chi connectivity index (χ2v) is 4.98. The minimum Gasteiger partial charge on any atom is -0.483 e. The highest BCUT2D eigenvalue weighted by molar-refractivity contribution is 5.77. The monoisotopic (exact) mass is 282 g/mol. The zero-order chi connectivity index (χ0) is 15.1. The SMILES string of the molecule is CCN(C)C(=O)COc1ccc(F)cc1CNC(C)C. The van der Waals surface area contributed by atoms with Crippen molar-refractivity contribution in [2.24, 2.45) is 0 Å². The van der Waals surface area contributed by atoms with Crippen LogP contribution in [-0.2, 0) is 11.3 Å². The molecule has 1 amide bonds. The molecule has 1 aromatic carbocycles. The fraction of sp³-hybridized carbons (Fsp3) is 0.533. The van der Waals surface area contributed by atoms with E-state index in [-0.39, 0.29) is 18.3 Å². The Kier molecular flexibility index (Phi) is 6.45. The zero-order valence-corrected chi connectivity index (χ0v) is 12.6. The third-order valence-corrected chi connectivity index (χ3v) is 2.97. The Labute approximate surface area is 119 Å². The number of rotatable bonds is 7. The van der Waals surface area contributed by atoms with Crippen molar-refractivity contribution in [1.29, 1.82) is 0 Å². The van der Waals surface area contributed by atoms with Gasteiger partial charge in [-0.2, -0.15) is 0 Å². The molecule has 0 saturated heterocycles. The van der Waals surface area contributed by atoms with Crippen molar-refractivity contribution in [3.05, 3.63) is 29.6 Å². The van der Waals surface area contributed by atoms with Gasteiger partial charge in [0.15, 0.2) is 6.61 Å². The zero-order valence-electron chi connectivity index (χ0n) is 12.6. The Morgan fingerprint density at radius 1 is 1.45 bits per heavy atom. The van der Waals surface area contributed by atoms with Crippen molar-refractivity contribution in [2.75, 3.05) is 20.2 Å². The van der Waals surface area contributed by atoms with Crippen LogP contribution in [0.15, 0.2) is 18.2 Å². The van der Waals surface area contributed by atoms with Gasteiger partial charge in [-0.15, -0.1) is 0 Å². The highest BCUT2D eigenvalue weighted by Crippen LogP contribution is 2.20. The van der Waals surface area contributed by atoms with Crippen LogP contribution in [0.25, 0.3) is 0 Å². The minimum absolute atomic E-state index is 0.0371. The predicted octanol–water partition coefficient (Wildman–Crippen LogP) is 2.18. The standard InChI is InChI=1S/C15H23FN2O2/c1-5-18(4)15(19)10-20-14-7-6-13(16)8-12(14)9-17-11(2)3/h6-8,11,17H,5,9-10H2,1-4H3. The van der Waals surface area contributed by atoms with Crippen molar-refractivity contribution < 1.29 is 13.9 Å². The van der Waals surface area contributed by atoms with Gasteiger partial charge in [-0.3, -0.25) is 4.79 Å². The molecular weight excluding hydrogens is 259 g/mol. The van der Waals surface area contributed by atoms with Crippen LogP contribution in [0.2, 0.25) is 0 Å². The van der Waals surface area contributed by atoms with E-state index in [0.29, 0.717) is 30.4 Å². The number of hydrogen-bond donors (Lipinski definition) is 1. The van der Waals surface area contributed by atoms with Crippen molar-refractivity contribution in [2.45, 2.75) is 33.4 Å². The molecule has 20 heavy (non-hydrogen) atoms. The van der Waals surface area contributed by atoms with Gasteiger partial charge in [0, 0.05) is 31.7 Å². The lowest BCUT2D eigenvalue weighted by molar-refractivity contribution is -0.131. The number of carbonyl (C=O) groups is 1. The van der Waals surface area contributed by atoms with Gasteiger partial charge < -0.3 is 15.0 Å². The first-order chi connectivity index (χ1) is 9.43. The summed E-state index contributed by atoms with van der Waals surface area (Å²) in [6, 6.07) is 4.62. The van der Waals surface area contributed by atoms with E-state index in [1.165, 1.54) is 12.1 Å². The highest BCUT2D eigenvalue weighted by Gasteiger charge is 2.11. The number of nitrogens with one attached hydrogen (secondary N) is 1. The molecule has 0 saturated carbocycles. The van der Waals surface area contributed by atoms with E-state index in [1.807, 2.05) is 20.8 Å². The van der Waals surface area contributed by atoms with Gasteiger partial charge >= 0.3 is 0 Å². The third kappa shape index (κ3) is 5.17. The second kappa shape index (κ2) is 7.85. The molecule has 5 heteroatoms. The van der Waals surface area contributed by atoms with Crippen LogP contribution in [0.1, 0.15) is 26.3 Å². The summed E-state index contributed by atoms with van der Waals surface area (Å²) < 4.78 is 18.8. The molecule has 1 rings (SSSR count). The molecule has 0 radical (unpaired) electrons. The molecule has 0 atom stereocenters. The van der Waals surface area contributed by atoms with Crippen molar-refractivity contribution >= 4 is 5.91 Å². The van der Waals surface area contributed by atoms with E-state index >= 15 is 0 Å². The summed E-state index contributed by atoms with van der Waals surface area (Å²) in [6.07, 6.45) is 0. The van der Waals surface area contributed by atoms with E-state index < -0.39 is 0 Å². The Balaban J connectivity index is 2.71. The largest absolute Gasteiger partial charge is 0.483 e. The van der Waals surface area contributed by atoms with E-state index in [2.05, 4.69) is 5.32 Å². The molecule has 0 spiro atoms. The summed E-state index contributed by atoms with van der Waals surface area (Å²) in [5.74, 6) is 0.131. The van der Waals surface area contributed by atoms with Gasteiger partial charge in [-0.25, -0.2) is 4.39 Å². The number of likely N-dealkylation sites (N-methyl/N-ethyl adjacent to an activating group) is 1. The van der Waals surface area contributed by atoms with E-state index in [4.69, 9.17) is 4.74 Å². The summed E-state index contributed by atoms with van der Waals surface area (Å²) in [5, 5.41) is 3.21. The van der Waals surface area contributed by atoms with Gasteiger partial charge in [0.05, 0.1) is 0 Å². The molecule has 0 aliphatic carbocycles. The number of carbonyl (C=O) groups excluding carboxylic acids is 1. The molecule has 4 nitrogen and oxygen atoms in total. The smallest absolute Gasteiger partial charge is 0.260 e. The molecule has 112 valence electrons. The maximum Gasteiger partial charge on any atom is 0.260 e. The third-order valence-electron chi connectivity index (χ3n) is 2.97. The molecule has 0 aliphatic rings. The van der Waals surface area contributed by atoms with Crippen molar-refractivity contribution in [3.63, 3.8) is 0 Å². The Morgan fingerprint density at radius 3 is 2.75 bits per heavy atom. The molecule has 0 aromatic heterocycles. The second-order valence-electron chi connectivity index (χ2n) is 4.98. The molecular formula is C15H23FN2O2. The summed E-state index contributed by atoms with van der Waals surface area (Å²) in [5.41, 5.74) is 0.714. The van der Waals surface area contributed by atoms with Crippen LogP contribution >= 0.6 is 0 Å². The molecule has 0 bridgehead atoms. The highest BCUT2D eigenvalue weighted by atomic mass is 19.1. The summed E-state index contributed by atoms with van der Waals surface area (Å²) in [7, 11) is 1.72. The Morgan fingerprint density at radius 2 is 2.15 bits per heavy atom. The van der Waals surface area contributed by atoms with Crippen LogP contribution in [0, 0.1) is 5.82 Å². The van der Waals surface area contributed by atoms with E-state index in [0.717, 1.165) is 0 Å². The van der Waals surface area contributed by atoms with Crippen LogP contribution in [-0.4, -0.2) is 37.0 Å². The lowest BCUT2D eigenvalue weighted by Crippen LogP contribution is -2.31. The topological polar surface area (TPSA) is 41.6 Å². The minimum atomic E-state index is -0.310. The number of nitrogens with zero attached hydrogens (tertiary/aromatic N) is 1. The van der Waals surface area contributed by atoms with Crippen LogP contribution < -0.4 is 10.1 Å². The molecule has 0 aliphatic heterocycles. The quantitative estimate of drug-likeness (QED) is 0.833. The molecule has 0 fully saturated rings. The summed E-state index contributed by atoms with van der Waals surface area (Å²) >= 11 is 0. The van der Waals surface area contributed by atoms with E-state index in [9.17, 15) is 9.18 Å². The lowest BCUT2D eigenvalue weighted by atomic mass is 10.2. The number of ether oxygens (including phenoxy) is 1. The molecule has 0 heterocycles. The first-order valence-corrected chi connectivity index (χ1v) is 6.82. The van der Waals surface area contributed by atoms with Gasteiger partial charge in [-0.1, -0.05) is 13.8 Å². The van der Waals surface area contributed by atoms with Crippen molar-refractivity contribution in [3.8, 4) is 5.75 Å². The molecule has 1 aromatic rings. The number of hydrogen-bond acceptors (Lipinski definition) is 3. The number of benzene rings is 1. The Hall–Kier alpha value is -1.62. The number of halogens is 1. The molecule has 1 N–H and O–H groups in total. The number of amides is 1. The van der Waals surface area contributed by atoms with Gasteiger partial charge in [-0.05, 0) is 25.1 Å². The van der Waals surface area contributed by atoms with E-state index in [1.54, 1.807) is 18.0 Å². The summed E-state index contributed by atoms with van der Waals surface area (Å²) in [6.45, 7) is 7.02. The average molecular weight is 282 g/mol. The van der Waals surface area contributed by atoms with Crippen LogP contribution in [0.5, 0.6) is 5.75 Å². The normalized spacial score (nSPS) is 10.7. The average Bonchev–Trinajstić information content (AvgIpc) is 2.42. The fourth-order valence-corrected chi connectivity index (χ4v) is 1.57. The molecule has 0 unspecified atom stereocenters. The van der Waals surface area contributed by atoms with Crippen molar-refractivity contribution in [1.82, 2.24) is 10.2 Å².